The first-order valence-electron chi connectivity index (χ1n) is 10.8. The largest absolute Gasteiger partial charge is 0.393 e. The minimum Gasteiger partial charge on any atom is -0.393 e. The molecule has 1 N–H and O–H groups in total. The second-order valence-electron chi connectivity index (χ2n) is 10.3. The van der Waals surface area contributed by atoms with Gasteiger partial charge in [0.05, 0.1) is 18.1 Å². The van der Waals surface area contributed by atoms with Crippen molar-refractivity contribution in [1.82, 2.24) is 0 Å². The summed E-state index contributed by atoms with van der Waals surface area (Å²) in [7, 11) is 0. The summed E-state index contributed by atoms with van der Waals surface area (Å²) in [5.74, 6) is 4.18. The molecule has 5 rings (SSSR count). The fraction of sp³-hybridized carbons (Fsp3) is 0.870. The van der Waals surface area contributed by atoms with Gasteiger partial charge in [0.2, 0.25) is 0 Å². The molecule has 0 unspecified atom stereocenters. The molecule has 9 atom stereocenters. The molecule has 2 heteroatoms. The lowest BCUT2D eigenvalue weighted by atomic mass is 9.43. The van der Waals surface area contributed by atoms with E-state index in [0.29, 0.717) is 16.7 Å². The monoisotopic (exact) mass is 339 g/mol. The van der Waals surface area contributed by atoms with Crippen LogP contribution in [0.5, 0.6) is 0 Å². The van der Waals surface area contributed by atoms with Crippen LogP contribution < -0.4 is 0 Å². The van der Waals surface area contributed by atoms with Crippen LogP contribution in [0.2, 0.25) is 0 Å². The molecular formula is C23H33NO. The van der Waals surface area contributed by atoms with Gasteiger partial charge in [-0.1, -0.05) is 19.1 Å². The van der Waals surface area contributed by atoms with E-state index >= 15 is 0 Å². The smallest absolute Gasteiger partial charge is 0.0700 e. The predicted octanol–water partition coefficient (Wildman–Crippen LogP) is 5.09. The predicted molar refractivity (Wildman–Crippen MR) is 98.4 cm³/mol. The van der Waals surface area contributed by atoms with E-state index in [0.717, 1.165) is 36.5 Å². The molecule has 136 valence electrons. The number of nitrogens with zero attached hydrogens (tertiary/aromatic N) is 1. The van der Waals surface area contributed by atoms with Crippen molar-refractivity contribution in [2.45, 2.75) is 77.2 Å². The average Bonchev–Trinajstić information content (AvgIpc) is 3.02. The maximum atomic E-state index is 10.2. The number of nitriles is 1. The third kappa shape index (κ3) is 2.11. The second-order valence-corrected chi connectivity index (χ2v) is 10.3. The zero-order valence-corrected chi connectivity index (χ0v) is 15.7. The summed E-state index contributed by atoms with van der Waals surface area (Å²) in [5.41, 5.74) is 0.925. The van der Waals surface area contributed by atoms with Crippen LogP contribution in [0, 0.1) is 57.7 Å². The van der Waals surface area contributed by atoms with Crippen molar-refractivity contribution in [3.8, 4) is 6.07 Å². The number of hydrogen-bond acceptors (Lipinski definition) is 2. The van der Waals surface area contributed by atoms with Gasteiger partial charge < -0.3 is 5.11 Å². The van der Waals surface area contributed by atoms with E-state index in [1.165, 1.54) is 51.4 Å². The zero-order chi connectivity index (χ0) is 17.2. The van der Waals surface area contributed by atoms with Gasteiger partial charge in [0, 0.05) is 0 Å². The average molecular weight is 340 g/mol. The fourth-order valence-corrected chi connectivity index (χ4v) is 8.73. The van der Waals surface area contributed by atoms with Crippen molar-refractivity contribution in [3.63, 3.8) is 0 Å². The van der Waals surface area contributed by atoms with Gasteiger partial charge in [0.1, 0.15) is 0 Å². The Bertz CT molecular complexity index is 620. The molecule has 5 aliphatic carbocycles. The van der Waals surface area contributed by atoms with Crippen LogP contribution in [0.4, 0.5) is 0 Å². The molecule has 2 nitrogen and oxygen atoms in total. The van der Waals surface area contributed by atoms with E-state index in [9.17, 15) is 10.4 Å². The highest BCUT2D eigenvalue weighted by Crippen LogP contribution is 2.70. The maximum Gasteiger partial charge on any atom is 0.0700 e. The molecule has 0 aliphatic heterocycles. The molecule has 0 heterocycles. The van der Waals surface area contributed by atoms with Crippen LogP contribution in [0.1, 0.15) is 71.1 Å². The van der Waals surface area contributed by atoms with E-state index in [1.54, 1.807) is 0 Å². The summed E-state index contributed by atoms with van der Waals surface area (Å²) in [6.07, 6.45) is 17.2. The Labute approximate surface area is 152 Å². The maximum absolute atomic E-state index is 10.2. The van der Waals surface area contributed by atoms with E-state index in [-0.39, 0.29) is 12.0 Å². The van der Waals surface area contributed by atoms with Gasteiger partial charge in [-0.3, -0.25) is 0 Å². The normalized spacial score (nSPS) is 56.9. The molecule has 0 aromatic rings. The third-order valence-corrected chi connectivity index (χ3v) is 9.84. The van der Waals surface area contributed by atoms with Gasteiger partial charge >= 0.3 is 0 Å². The van der Waals surface area contributed by atoms with Crippen LogP contribution in [0.15, 0.2) is 12.2 Å². The van der Waals surface area contributed by atoms with E-state index < -0.39 is 0 Å². The van der Waals surface area contributed by atoms with Gasteiger partial charge in [-0.25, -0.2) is 0 Å². The first-order chi connectivity index (χ1) is 12.1. The van der Waals surface area contributed by atoms with Gasteiger partial charge in [-0.15, -0.1) is 0 Å². The summed E-state index contributed by atoms with van der Waals surface area (Å²) >= 11 is 0. The van der Waals surface area contributed by atoms with Crippen molar-refractivity contribution in [3.05, 3.63) is 12.2 Å². The molecule has 1 spiro atoms. The summed E-state index contributed by atoms with van der Waals surface area (Å²) in [6, 6.07) is 2.62. The van der Waals surface area contributed by atoms with Crippen molar-refractivity contribution in [2.75, 3.05) is 0 Å². The van der Waals surface area contributed by atoms with Crippen LogP contribution in [0.25, 0.3) is 0 Å². The summed E-state index contributed by atoms with van der Waals surface area (Å²) in [4.78, 5) is 0. The highest BCUT2D eigenvalue weighted by Gasteiger charge is 2.62. The van der Waals surface area contributed by atoms with Crippen molar-refractivity contribution >= 4 is 0 Å². The Balaban J connectivity index is 1.46. The van der Waals surface area contributed by atoms with Crippen LogP contribution in [0.3, 0.4) is 0 Å². The molecule has 0 aromatic heterocycles. The van der Waals surface area contributed by atoms with Crippen LogP contribution >= 0.6 is 0 Å². The van der Waals surface area contributed by atoms with Crippen molar-refractivity contribution < 1.29 is 5.11 Å². The molecular weight excluding hydrogens is 306 g/mol. The van der Waals surface area contributed by atoms with E-state index in [4.69, 9.17) is 0 Å². The number of rotatable bonds is 0. The number of fused-ring (bicyclic) bond motifs is 4. The molecule has 4 fully saturated rings. The Kier molecular flexibility index (Phi) is 3.66. The molecule has 5 aliphatic rings. The highest BCUT2D eigenvalue weighted by atomic mass is 16.3. The summed E-state index contributed by atoms with van der Waals surface area (Å²) < 4.78 is 0. The first-order valence-corrected chi connectivity index (χ1v) is 10.8. The number of aliphatic hydroxyl groups excluding tert-OH is 1. The van der Waals surface area contributed by atoms with Crippen molar-refractivity contribution in [1.29, 1.82) is 5.26 Å². The molecule has 0 amide bonds. The number of allylic oxidation sites excluding steroid dienone is 2. The topological polar surface area (TPSA) is 44.0 Å². The minimum atomic E-state index is -0.0414. The lowest BCUT2D eigenvalue weighted by molar-refractivity contribution is -0.132. The molecule has 0 radical (unpaired) electrons. The standard InChI is InChI=1S/C23H33NO/c1-22-11-8-17(25)13-16(22)4-5-18-20(22)9-12-23-10-2-3-15(14-24)19(23)6-7-21(18)23/h2-3,15-21,25H,4-13H2,1H3/t15-,16-,17+,18+,19+,20-,21-,22-,23-/m0/s1. The van der Waals surface area contributed by atoms with Gasteiger partial charge in [-0.2, -0.15) is 5.26 Å². The molecule has 0 bridgehead atoms. The Morgan fingerprint density at radius 3 is 2.68 bits per heavy atom. The third-order valence-electron chi connectivity index (χ3n) is 9.84. The molecule has 0 saturated heterocycles. The zero-order valence-electron chi connectivity index (χ0n) is 15.7. The van der Waals surface area contributed by atoms with Gasteiger partial charge in [-0.05, 0) is 105 Å². The van der Waals surface area contributed by atoms with E-state index in [1.807, 2.05) is 0 Å². The second kappa shape index (κ2) is 5.59. The van der Waals surface area contributed by atoms with Crippen LogP contribution in [-0.2, 0) is 0 Å². The molecule has 4 saturated carbocycles. The number of aliphatic hydroxyl groups is 1. The van der Waals surface area contributed by atoms with Crippen LogP contribution in [-0.4, -0.2) is 11.2 Å². The van der Waals surface area contributed by atoms with Gasteiger partial charge in [0.25, 0.3) is 0 Å². The highest BCUT2D eigenvalue weighted by molar-refractivity contribution is 5.20. The lowest BCUT2D eigenvalue weighted by Crippen LogP contribution is -2.55. The molecule has 0 aromatic carbocycles. The number of hydrogen-bond donors (Lipinski definition) is 1. The SMILES string of the molecule is C[C@]12CC[C@@H](O)C[C@@H]1CC[C@@H]1[C@@H]2CC[C@@]23CC=C[C@@H](C#N)[C@H]2CC[C@@H]13. The Morgan fingerprint density at radius 1 is 1.00 bits per heavy atom. The van der Waals surface area contributed by atoms with E-state index in [2.05, 4.69) is 25.1 Å². The molecule has 25 heavy (non-hydrogen) atoms. The Morgan fingerprint density at radius 2 is 1.84 bits per heavy atom. The lowest BCUT2D eigenvalue weighted by Gasteiger charge is -2.62. The minimum absolute atomic E-state index is 0.0414. The summed E-state index contributed by atoms with van der Waals surface area (Å²) in [6.45, 7) is 2.57. The Hall–Kier alpha value is -0.810. The summed E-state index contributed by atoms with van der Waals surface area (Å²) in [5, 5.41) is 19.8. The van der Waals surface area contributed by atoms with Crippen molar-refractivity contribution in [2.24, 2.45) is 46.3 Å². The van der Waals surface area contributed by atoms with Gasteiger partial charge in [0.15, 0.2) is 0 Å². The fourth-order valence-electron chi connectivity index (χ4n) is 8.73. The quantitative estimate of drug-likeness (QED) is 0.625. The first kappa shape index (κ1) is 16.4.